The van der Waals surface area contributed by atoms with Gasteiger partial charge in [0.2, 0.25) is 0 Å². The Bertz CT molecular complexity index is 466. The summed E-state index contributed by atoms with van der Waals surface area (Å²) in [7, 11) is 1.71. The van der Waals surface area contributed by atoms with E-state index in [1.54, 1.807) is 7.11 Å². The Labute approximate surface area is 127 Å². The molecule has 1 N–H and O–H groups in total. The molecule has 0 aromatic heterocycles. The lowest BCUT2D eigenvalue weighted by Gasteiger charge is -2.47. The lowest BCUT2D eigenvalue weighted by molar-refractivity contribution is 0.0447. The van der Waals surface area contributed by atoms with E-state index in [-0.39, 0.29) is 5.54 Å². The van der Waals surface area contributed by atoms with Crippen molar-refractivity contribution in [2.45, 2.75) is 45.3 Å². The minimum atomic E-state index is 0.180. The summed E-state index contributed by atoms with van der Waals surface area (Å²) in [5.74, 6) is 0.916. The molecular formula is C16H25ClN2O. The predicted octanol–water partition coefficient (Wildman–Crippen LogP) is 3.31. The SMILES string of the molecule is CCC1(C)CNC(C)CN1Cc1cc(Cl)ccc1OC. The lowest BCUT2D eigenvalue weighted by atomic mass is 9.91. The summed E-state index contributed by atoms with van der Waals surface area (Å²) in [6, 6.07) is 6.36. The number of rotatable bonds is 4. The Hall–Kier alpha value is -0.770. The molecule has 0 amide bonds. The number of ether oxygens (including phenoxy) is 1. The van der Waals surface area contributed by atoms with Gasteiger partial charge in [-0.1, -0.05) is 18.5 Å². The lowest BCUT2D eigenvalue weighted by Crippen LogP contribution is -2.61. The molecule has 0 spiro atoms. The highest BCUT2D eigenvalue weighted by Crippen LogP contribution is 2.29. The molecule has 0 aliphatic carbocycles. The van der Waals surface area contributed by atoms with Crippen LogP contribution in [0.3, 0.4) is 0 Å². The average Bonchev–Trinajstić information content (AvgIpc) is 2.43. The molecule has 0 radical (unpaired) electrons. The van der Waals surface area contributed by atoms with Crippen molar-refractivity contribution in [2.75, 3.05) is 20.2 Å². The molecule has 3 nitrogen and oxygen atoms in total. The van der Waals surface area contributed by atoms with Crippen LogP contribution in [0.1, 0.15) is 32.8 Å². The minimum absolute atomic E-state index is 0.180. The van der Waals surface area contributed by atoms with Gasteiger partial charge >= 0.3 is 0 Å². The van der Waals surface area contributed by atoms with E-state index in [0.717, 1.165) is 42.4 Å². The third-order valence-electron chi connectivity index (χ3n) is 4.45. The standard InChI is InChI=1S/C16H25ClN2O/c1-5-16(3)11-18-12(2)9-19(16)10-13-8-14(17)6-7-15(13)20-4/h6-8,12,18H,5,9-11H2,1-4H3. The maximum absolute atomic E-state index is 6.14. The van der Waals surface area contributed by atoms with E-state index in [0.29, 0.717) is 6.04 Å². The van der Waals surface area contributed by atoms with Crippen LogP contribution in [0.2, 0.25) is 5.02 Å². The number of nitrogens with one attached hydrogen (secondary N) is 1. The maximum Gasteiger partial charge on any atom is 0.123 e. The first-order valence-electron chi connectivity index (χ1n) is 7.29. The number of halogens is 1. The Kier molecular flexibility index (Phi) is 4.95. The molecule has 1 aromatic rings. The van der Waals surface area contributed by atoms with Gasteiger partial charge < -0.3 is 10.1 Å². The zero-order valence-corrected chi connectivity index (χ0v) is 13.6. The van der Waals surface area contributed by atoms with Crippen LogP contribution in [0.25, 0.3) is 0 Å². The van der Waals surface area contributed by atoms with Crippen molar-refractivity contribution in [3.63, 3.8) is 0 Å². The van der Waals surface area contributed by atoms with Gasteiger partial charge in [-0.3, -0.25) is 4.90 Å². The van der Waals surface area contributed by atoms with Crippen molar-refractivity contribution >= 4 is 11.6 Å². The van der Waals surface area contributed by atoms with E-state index >= 15 is 0 Å². The molecule has 1 aliphatic heterocycles. The fraction of sp³-hybridized carbons (Fsp3) is 0.625. The van der Waals surface area contributed by atoms with Crippen LogP contribution < -0.4 is 10.1 Å². The highest BCUT2D eigenvalue weighted by atomic mass is 35.5. The molecule has 20 heavy (non-hydrogen) atoms. The monoisotopic (exact) mass is 296 g/mol. The second-order valence-corrected chi connectivity index (χ2v) is 6.41. The molecule has 1 saturated heterocycles. The highest BCUT2D eigenvalue weighted by Gasteiger charge is 2.35. The zero-order valence-electron chi connectivity index (χ0n) is 12.9. The fourth-order valence-corrected chi connectivity index (χ4v) is 3.00. The van der Waals surface area contributed by atoms with E-state index < -0.39 is 0 Å². The number of piperazine rings is 1. The van der Waals surface area contributed by atoms with Crippen molar-refractivity contribution in [3.05, 3.63) is 28.8 Å². The summed E-state index contributed by atoms with van der Waals surface area (Å²) in [6.07, 6.45) is 1.12. The maximum atomic E-state index is 6.14. The van der Waals surface area contributed by atoms with E-state index in [1.807, 2.05) is 18.2 Å². The molecular weight excluding hydrogens is 272 g/mol. The third-order valence-corrected chi connectivity index (χ3v) is 4.69. The number of hydrogen-bond donors (Lipinski definition) is 1. The Morgan fingerprint density at radius 3 is 2.90 bits per heavy atom. The summed E-state index contributed by atoms with van der Waals surface area (Å²) in [5, 5.41) is 4.35. The Morgan fingerprint density at radius 1 is 1.50 bits per heavy atom. The van der Waals surface area contributed by atoms with E-state index in [1.165, 1.54) is 0 Å². The first-order valence-corrected chi connectivity index (χ1v) is 7.67. The number of hydrogen-bond acceptors (Lipinski definition) is 3. The molecule has 112 valence electrons. The normalized spacial score (nSPS) is 27.6. The van der Waals surface area contributed by atoms with Gasteiger partial charge in [-0.2, -0.15) is 0 Å². The summed E-state index contributed by atoms with van der Waals surface area (Å²) in [4.78, 5) is 2.54. The number of benzene rings is 1. The van der Waals surface area contributed by atoms with Gasteiger partial charge in [-0.15, -0.1) is 0 Å². The van der Waals surface area contributed by atoms with Crippen LogP contribution in [0, 0.1) is 0 Å². The van der Waals surface area contributed by atoms with Crippen molar-refractivity contribution in [1.82, 2.24) is 10.2 Å². The van der Waals surface area contributed by atoms with Gasteiger partial charge in [0.15, 0.2) is 0 Å². The molecule has 1 aromatic carbocycles. The first-order chi connectivity index (χ1) is 9.48. The van der Waals surface area contributed by atoms with Gasteiger partial charge in [-0.05, 0) is 38.5 Å². The van der Waals surface area contributed by atoms with Crippen LogP contribution in [0.5, 0.6) is 5.75 Å². The molecule has 2 atom stereocenters. The predicted molar refractivity (Wildman–Crippen MR) is 84.6 cm³/mol. The Balaban J connectivity index is 2.24. The van der Waals surface area contributed by atoms with Crippen LogP contribution >= 0.6 is 11.6 Å². The zero-order chi connectivity index (χ0) is 14.8. The van der Waals surface area contributed by atoms with Gasteiger partial charge in [0.1, 0.15) is 5.75 Å². The molecule has 1 fully saturated rings. The second-order valence-electron chi connectivity index (χ2n) is 5.97. The second kappa shape index (κ2) is 6.33. The van der Waals surface area contributed by atoms with Gasteiger partial charge in [0, 0.05) is 41.8 Å². The number of methoxy groups -OCH3 is 1. The largest absolute Gasteiger partial charge is 0.496 e. The van der Waals surface area contributed by atoms with Gasteiger partial charge in [0.25, 0.3) is 0 Å². The summed E-state index contributed by atoms with van der Waals surface area (Å²) < 4.78 is 5.47. The smallest absolute Gasteiger partial charge is 0.123 e. The molecule has 1 aliphatic rings. The van der Waals surface area contributed by atoms with Crippen molar-refractivity contribution in [2.24, 2.45) is 0 Å². The number of nitrogens with zero attached hydrogens (tertiary/aromatic N) is 1. The molecule has 2 rings (SSSR count). The molecule has 0 bridgehead atoms. The van der Waals surface area contributed by atoms with E-state index in [2.05, 4.69) is 31.0 Å². The molecule has 1 heterocycles. The summed E-state index contributed by atoms with van der Waals surface area (Å²) in [5.41, 5.74) is 1.34. The Morgan fingerprint density at radius 2 is 2.25 bits per heavy atom. The van der Waals surface area contributed by atoms with E-state index in [4.69, 9.17) is 16.3 Å². The minimum Gasteiger partial charge on any atom is -0.496 e. The van der Waals surface area contributed by atoms with Gasteiger partial charge in [-0.25, -0.2) is 0 Å². The van der Waals surface area contributed by atoms with E-state index in [9.17, 15) is 0 Å². The third kappa shape index (κ3) is 3.27. The highest BCUT2D eigenvalue weighted by molar-refractivity contribution is 6.30. The summed E-state index contributed by atoms with van der Waals surface area (Å²) in [6.45, 7) is 9.74. The molecule has 4 heteroatoms. The fourth-order valence-electron chi connectivity index (χ4n) is 2.80. The average molecular weight is 297 g/mol. The summed E-state index contributed by atoms with van der Waals surface area (Å²) >= 11 is 6.14. The topological polar surface area (TPSA) is 24.5 Å². The molecule has 0 saturated carbocycles. The van der Waals surface area contributed by atoms with Crippen LogP contribution in [0.4, 0.5) is 0 Å². The van der Waals surface area contributed by atoms with Crippen molar-refractivity contribution in [3.8, 4) is 5.75 Å². The van der Waals surface area contributed by atoms with Gasteiger partial charge in [0.05, 0.1) is 7.11 Å². The molecule has 2 unspecified atom stereocenters. The van der Waals surface area contributed by atoms with Crippen LogP contribution in [0.15, 0.2) is 18.2 Å². The van der Waals surface area contributed by atoms with Crippen molar-refractivity contribution < 1.29 is 4.74 Å². The van der Waals surface area contributed by atoms with Crippen molar-refractivity contribution in [1.29, 1.82) is 0 Å². The quantitative estimate of drug-likeness (QED) is 0.922. The first kappa shape index (κ1) is 15.6. The van der Waals surface area contributed by atoms with Crippen LogP contribution in [-0.2, 0) is 6.54 Å². The van der Waals surface area contributed by atoms with Crippen LogP contribution in [-0.4, -0.2) is 36.7 Å².